The van der Waals surface area contributed by atoms with Crippen LogP contribution in [-0.2, 0) is 0 Å². The average molecular weight is 233 g/mol. The van der Waals surface area contributed by atoms with Crippen molar-refractivity contribution in [2.45, 2.75) is 39.7 Å². The number of hydrogen-bond donors (Lipinski definition) is 1. The number of aliphatic hydroxyl groups is 1. The monoisotopic (exact) mass is 233 g/mol. The van der Waals surface area contributed by atoms with Gasteiger partial charge in [-0.3, -0.25) is 0 Å². The standard InChI is InChI=1S/C15H23NO/c1-12(17)13-7-4-5-8-14(13)16-10-6-9-15(2,3)11-16/h4-5,7-8,12,17H,6,9-11H2,1-3H3. The van der Waals surface area contributed by atoms with Gasteiger partial charge in [0.1, 0.15) is 0 Å². The van der Waals surface area contributed by atoms with Crippen LogP contribution in [0.3, 0.4) is 0 Å². The second-order valence-corrected chi connectivity index (χ2v) is 5.92. The molecule has 1 atom stereocenters. The summed E-state index contributed by atoms with van der Waals surface area (Å²) in [6.07, 6.45) is 2.14. The second kappa shape index (κ2) is 4.69. The molecule has 1 heterocycles. The second-order valence-electron chi connectivity index (χ2n) is 5.92. The van der Waals surface area contributed by atoms with Gasteiger partial charge < -0.3 is 10.0 Å². The summed E-state index contributed by atoms with van der Waals surface area (Å²) in [6, 6.07) is 8.22. The molecule has 17 heavy (non-hydrogen) atoms. The minimum Gasteiger partial charge on any atom is -0.389 e. The Hall–Kier alpha value is -1.02. The highest BCUT2D eigenvalue weighted by atomic mass is 16.3. The van der Waals surface area contributed by atoms with Crippen molar-refractivity contribution in [3.63, 3.8) is 0 Å². The molecule has 0 bridgehead atoms. The van der Waals surface area contributed by atoms with Crippen LogP contribution in [0.5, 0.6) is 0 Å². The van der Waals surface area contributed by atoms with Crippen LogP contribution in [0.25, 0.3) is 0 Å². The number of hydrogen-bond acceptors (Lipinski definition) is 2. The number of nitrogens with zero attached hydrogens (tertiary/aromatic N) is 1. The van der Waals surface area contributed by atoms with Crippen LogP contribution in [0, 0.1) is 5.41 Å². The molecule has 1 saturated heterocycles. The Morgan fingerprint density at radius 2 is 2.00 bits per heavy atom. The molecule has 2 rings (SSSR count). The molecule has 0 radical (unpaired) electrons. The van der Waals surface area contributed by atoms with Crippen LogP contribution in [0.15, 0.2) is 24.3 Å². The summed E-state index contributed by atoms with van der Waals surface area (Å²) in [5.41, 5.74) is 2.63. The normalized spacial score (nSPS) is 21.3. The van der Waals surface area contributed by atoms with Gasteiger partial charge in [-0.1, -0.05) is 32.0 Å². The predicted molar refractivity (Wildman–Crippen MR) is 72.3 cm³/mol. The first-order chi connectivity index (χ1) is 7.99. The Balaban J connectivity index is 2.27. The van der Waals surface area contributed by atoms with Gasteiger partial charge in [-0.25, -0.2) is 0 Å². The minimum atomic E-state index is -0.392. The molecule has 1 aliphatic heterocycles. The summed E-state index contributed by atoms with van der Waals surface area (Å²) in [7, 11) is 0. The third kappa shape index (κ3) is 2.81. The number of aliphatic hydroxyl groups excluding tert-OH is 1. The van der Waals surface area contributed by atoms with Gasteiger partial charge in [-0.2, -0.15) is 0 Å². The highest BCUT2D eigenvalue weighted by Gasteiger charge is 2.27. The van der Waals surface area contributed by atoms with E-state index < -0.39 is 6.10 Å². The molecule has 1 fully saturated rings. The summed E-state index contributed by atoms with van der Waals surface area (Å²) in [6.45, 7) is 8.67. The van der Waals surface area contributed by atoms with Gasteiger partial charge in [0.15, 0.2) is 0 Å². The fraction of sp³-hybridized carbons (Fsp3) is 0.600. The molecule has 0 aromatic heterocycles. The molecule has 1 aromatic rings. The zero-order valence-corrected chi connectivity index (χ0v) is 11.1. The van der Waals surface area contributed by atoms with Crippen molar-refractivity contribution >= 4 is 5.69 Å². The fourth-order valence-corrected chi connectivity index (χ4v) is 2.76. The van der Waals surface area contributed by atoms with Crippen molar-refractivity contribution in [1.82, 2.24) is 0 Å². The molecule has 1 aliphatic rings. The molecule has 1 aromatic carbocycles. The molecule has 2 heteroatoms. The summed E-state index contributed by atoms with van der Waals surface area (Å²) in [5.74, 6) is 0. The lowest BCUT2D eigenvalue weighted by molar-refractivity contribution is 0.199. The molecule has 0 amide bonds. The Labute approximate surface area is 104 Å². The third-order valence-corrected chi connectivity index (χ3v) is 3.63. The lowest BCUT2D eigenvalue weighted by atomic mass is 9.83. The van der Waals surface area contributed by atoms with E-state index in [0.717, 1.165) is 18.7 Å². The summed E-state index contributed by atoms with van der Waals surface area (Å²) < 4.78 is 0. The quantitative estimate of drug-likeness (QED) is 0.846. The molecule has 1 N–H and O–H groups in total. The highest BCUT2D eigenvalue weighted by Crippen LogP contribution is 2.34. The van der Waals surface area contributed by atoms with Crippen molar-refractivity contribution < 1.29 is 5.11 Å². The summed E-state index contributed by atoms with van der Waals surface area (Å²) >= 11 is 0. The van der Waals surface area contributed by atoms with E-state index in [0.29, 0.717) is 5.41 Å². The van der Waals surface area contributed by atoms with E-state index in [1.165, 1.54) is 18.5 Å². The summed E-state index contributed by atoms with van der Waals surface area (Å²) in [5, 5.41) is 9.84. The van der Waals surface area contributed by atoms with E-state index in [1.807, 2.05) is 19.1 Å². The zero-order chi connectivity index (χ0) is 12.5. The van der Waals surface area contributed by atoms with E-state index in [1.54, 1.807) is 0 Å². The van der Waals surface area contributed by atoms with Gasteiger partial charge in [-0.15, -0.1) is 0 Å². The first kappa shape index (κ1) is 12.4. The van der Waals surface area contributed by atoms with Crippen molar-refractivity contribution in [2.24, 2.45) is 5.41 Å². The molecule has 94 valence electrons. The molecule has 0 aliphatic carbocycles. The maximum atomic E-state index is 9.84. The van der Waals surface area contributed by atoms with E-state index in [-0.39, 0.29) is 0 Å². The Morgan fingerprint density at radius 1 is 1.29 bits per heavy atom. The Kier molecular flexibility index (Phi) is 3.43. The van der Waals surface area contributed by atoms with Crippen LogP contribution in [-0.4, -0.2) is 18.2 Å². The highest BCUT2D eigenvalue weighted by molar-refractivity contribution is 5.55. The largest absolute Gasteiger partial charge is 0.389 e. The van der Waals surface area contributed by atoms with Crippen LogP contribution in [0.2, 0.25) is 0 Å². The van der Waals surface area contributed by atoms with Crippen LogP contribution in [0.4, 0.5) is 5.69 Å². The number of rotatable bonds is 2. The van der Waals surface area contributed by atoms with E-state index in [9.17, 15) is 5.11 Å². The van der Waals surface area contributed by atoms with Crippen molar-refractivity contribution in [3.8, 4) is 0 Å². The SMILES string of the molecule is CC(O)c1ccccc1N1CCCC(C)(C)C1. The lowest BCUT2D eigenvalue weighted by Gasteiger charge is -2.40. The number of para-hydroxylation sites is 1. The molecule has 0 saturated carbocycles. The van der Waals surface area contributed by atoms with E-state index >= 15 is 0 Å². The van der Waals surface area contributed by atoms with Gasteiger partial charge in [0.2, 0.25) is 0 Å². The molecule has 0 spiro atoms. The smallest absolute Gasteiger partial charge is 0.0781 e. The van der Waals surface area contributed by atoms with Gasteiger partial charge in [0, 0.05) is 24.3 Å². The number of piperidine rings is 1. The number of anilines is 1. The third-order valence-electron chi connectivity index (χ3n) is 3.63. The molecule has 1 unspecified atom stereocenters. The van der Waals surface area contributed by atoms with Gasteiger partial charge in [0.25, 0.3) is 0 Å². The van der Waals surface area contributed by atoms with Gasteiger partial charge in [-0.05, 0) is 31.2 Å². The average Bonchev–Trinajstić information content (AvgIpc) is 2.27. The molecular weight excluding hydrogens is 210 g/mol. The first-order valence-corrected chi connectivity index (χ1v) is 6.51. The molecule has 2 nitrogen and oxygen atoms in total. The zero-order valence-electron chi connectivity index (χ0n) is 11.1. The Bertz CT molecular complexity index is 384. The van der Waals surface area contributed by atoms with Crippen molar-refractivity contribution in [1.29, 1.82) is 0 Å². The van der Waals surface area contributed by atoms with E-state index in [2.05, 4.69) is 30.9 Å². The van der Waals surface area contributed by atoms with Crippen molar-refractivity contribution in [2.75, 3.05) is 18.0 Å². The topological polar surface area (TPSA) is 23.5 Å². The molecular formula is C15H23NO. The first-order valence-electron chi connectivity index (χ1n) is 6.51. The predicted octanol–water partition coefficient (Wildman–Crippen LogP) is 3.37. The van der Waals surface area contributed by atoms with Crippen LogP contribution < -0.4 is 4.90 Å². The maximum Gasteiger partial charge on any atom is 0.0781 e. The van der Waals surface area contributed by atoms with Crippen molar-refractivity contribution in [3.05, 3.63) is 29.8 Å². The van der Waals surface area contributed by atoms with Crippen LogP contribution in [0.1, 0.15) is 45.3 Å². The lowest BCUT2D eigenvalue weighted by Crippen LogP contribution is -2.40. The van der Waals surface area contributed by atoms with Gasteiger partial charge >= 0.3 is 0 Å². The fourth-order valence-electron chi connectivity index (χ4n) is 2.76. The minimum absolute atomic E-state index is 0.379. The summed E-state index contributed by atoms with van der Waals surface area (Å²) in [4.78, 5) is 2.42. The number of benzene rings is 1. The Morgan fingerprint density at radius 3 is 2.65 bits per heavy atom. The van der Waals surface area contributed by atoms with E-state index in [4.69, 9.17) is 0 Å². The van der Waals surface area contributed by atoms with Crippen LogP contribution >= 0.6 is 0 Å². The maximum absolute atomic E-state index is 9.84. The van der Waals surface area contributed by atoms with Gasteiger partial charge in [0.05, 0.1) is 6.10 Å².